The van der Waals surface area contributed by atoms with E-state index in [1.54, 1.807) is 0 Å². The van der Waals surface area contributed by atoms with Gasteiger partial charge in [0.1, 0.15) is 12.7 Å². The highest BCUT2D eigenvalue weighted by atomic mass is 31.2. The largest absolute Gasteiger partial charge is 0.480 e. The SMILES string of the molecule is CCCCCCC/C=C\CCCCCCCC(=O)OCC(O)COP(=O)(O)OCC(NC(=O)CCCCCCCCCCCCCCCCCCCCCCC)C(=O)O. The first kappa shape index (κ1) is 57.2. The van der Waals surface area contributed by atoms with Crippen LogP contribution in [0.4, 0.5) is 0 Å². The molecule has 1 amide bonds. The summed E-state index contributed by atoms with van der Waals surface area (Å²) in [5.74, 6) is -2.36. The van der Waals surface area contributed by atoms with Crippen LogP contribution >= 0.6 is 7.82 Å². The fraction of sp³-hybridized carbons (Fsp3) is 0.894. The van der Waals surface area contributed by atoms with Crippen molar-refractivity contribution < 1.29 is 47.8 Å². The van der Waals surface area contributed by atoms with Gasteiger partial charge in [-0.3, -0.25) is 18.6 Å². The molecular weight excluding hydrogens is 769 g/mol. The Morgan fingerprint density at radius 2 is 0.881 bits per heavy atom. The highest BCUT2D eigenvalue weighted by Gasteiger charge is 2.28. The van der Waals surface area contributed by atoms with Crippen molar-refractivity contribution in [1.82, 2.24) is 5.32 Å². The second-order valence-electron chi connectivity index (χ2n) is 16.7. The summed E-state index contributed by atoms with van der Waals surface area (Å²) in [4.78, 5) is 46.0. The zero-order chi connectivity index (χ0) is 43.5. The molecule has 12 heteroatoms. The summed E-state index contributed by atoms with van der Waals surface area (Å²) >= 11 is 0. The van der Waals surface area contributed by atoms with Crippen LogP contribution in [0.3, 0.4) is 0 Å². The molecule has 0 radical (unpaired) electrons. The smallest absolute Gasteiger partial charge is 0.472 e. The van der Waals surface area contributed by atoms with E-state index in [2.05, 4.69) is 31.3 Å². The lowest BCUT2D eigenvalue weighted by atomic mass is 10.0. The average Bonchev–Trinajstić information content (AvgIpc) is 3.21. The zero-order valence-electron chi connectivity index (χ0n) is 37.8. The lowest BCUT2D eigenvalue weighted by Crippen LogP contribution is -2.43. The Bertz CT molecular complexity index is 1060. The molecule has 348 valence electrons. The van der Waals surface area contributed by atoms with Gasteiger partial charge in [0, 0.05) is 12.8 Å². The molecule has 0 spiro atoms. The van der Waals surface area contributed by atoms with Crippen molar-refractivity contribution in [2.24, 2.45) is 0 Å². The highest BCUT2D eigenvalue weighted by molar-refractivity contribution is 7.47. The first-order valence-electron chi connectivity index (χ1n) is 24.2. The minimum Gasteiger partial charge on any atom is -0.480 e. The Balaban J connectivity index is 3.82. The number of hydrogen-bond acceptors (Lipinski definition) is 8. The molecule has 0 aliphatic carbocycles. The summed E-state index contributed by atoms with van der Waals surface area (Å²) < 4.78 is 26.9. The Hall–Kier alpha value is -1.78. The van der Waals surface area contributed by atoms with Crippen molar-refractivity contribution in [1.29, 1.82) is 0 Å². The van der Waals surface area contributed by atoms with E-state index >= 15 is 0 Å². The third kappa shape index (κ3) is 42.7. The third-order valence-corrected chi connectivity index (χ3v) is 11.8. The summed E-state index contributed by atoms with van der Waals surface area (Å²) in [6.07, 6.45) is 43.8. The van der Waals surface area contributed by atoms with Gasteiger partial charge in [0.2, 0.25) is 5.91 Å². The molecule has 3 unspecified atom stereocenters. The number of carbonyl (C=O) groups is 3. The Morgan fingerprint density at radius 1 is 0.525 bits per heavy atom. The zero-order valence-corrected chi connectivity index (χ0v) is 38.7. The van der Waals surface area contributed by atoms with Gasteiger partial charge >= 0.3 is 19.8 Å². The van der Waals surface area contributed by atoms with Crippen molar-refractivity contribution in [3.05, 3.63) is 12.2 Å². The van der Waals surface area contributed by atoms with Crippen molar-refractivity contribution >= 4 is 25.7 Å². The predicted octanol–water partition coefficient (Wildman–Crippen LogP) is 12.8. The predicted molar refractivity (Wildman–Crippen MR) is 240 cm³/mol. The van der Waals surface area contributed by atoms with E-state index in [0.717, 1.165) is 57.8 Å². The Morgan fingerprint density at radius 3 is 1.29 bits per heavy atom. The molecule has 0 aromatic carbocycles. The summed E-state index contributed by atoms with van der Waals surface area (Å²) in [5, 5.41) is 21.9. The number of unbranched alkanes of at least 4 members (excludes halogenated alkanes) is 30. The van der Waals surface area contributed by atoms with Gasteiger partial charge in [0.25, 0.3) is 0 Å². The number of carboxylic acids is 1. The molecule has 0 saturated heterocycles. The second kappa shape index (κ2) is 42.9. The van der Waals surface area contributed by atoms with E-state index in [4.69, 9.17) is 13.8 Å². The number of esters is 1. The molecule has 0 fully saturated rings. The van der Waals surface area contributed by atoms with Gasteiger partial charge in [-0.1, -0.05) is 199 Å². The molecule has 0 aromatic heterocycles. The van der Waals surface area contributed by atoms with E-state index in [1.807, 2.05) is 0 Å². The summed E-state index contributed by atoms with van der Waals surface area (Å²) in [5.41, 5.74) is 0. The number of nitrogens with one attached hydrogen (secondary N) is 1. The van der Waals surface area contributed by atoms with Gasteiger partial charge in [0.05, 0.1) is 13.2 Å². The number of amides is 1. The number of hydrogen-bond donors (Lipinski definition) is 4. The first-order chi connectivity index (χ1) is 28.6. The molecule has 3 atom stereocenters. The molecule has 0 aliphatic rings. The van der Waals surface area contributed by atoms with Crippen LogP contribution in [-0.4, -0.2) is 64.9 Å². The third-order valence-electron chi connectivity index (χ3n) is 10.8. The number of rotatable bonds is 46. The van der Waals surface area contributed by atoms with Crippen LogP contribution in [0, 0.1) is 0 Å². The average molecular weight is 860 g/mol. The van der Waals surface area contributed by atoms with E-state index in [-0.39, 0.29) is 12.8 Å². The number of carboxylic acid groups (broad SMARTS) is 1. The number of allylic oxidation sites excluding steroid dienone is 2. The molecular formula is C47H90NO10P. The van der Waals surface area contributed by atoms with Crippen LogP contribution in [0.25, 0.3) is 0 Å². The van der Waals surface area contributed by atoms with E-state index < -0.39 is 57.6 Å². The monoisotopic (exact) mass is 860 g/mol. The minimum absolute atomic E-state index is 0.151. The van der Waals surface area contributed by atoms with E-state index in [0.29, 0.717) is 12.8 Å². The number of aliphatic hydroxyl groups excluding tert-OH is 1. The first-order valence-corrected chi connectivity index (χ1v) is 25.7. The molecule has 0 heterocycles. The molecule has 0 rings (SSSR count). The van der Waals surface area contributed by atoms with Gasteiger partial charge in [0.15, 0.2) is 6.04 Å². The van der Waals surface area contributed by atoms with Gasteiger partial charge < -0.3 is 25.2 Å². The molecule has 11 nitrogen and oxygen atoms in total. The minimum atomic E-state index is -4.75. The maximum Gasteiger partial charge on any atom is 0.472 e. The maximum atomic E-state index is 12.4. The second-order valence-corrected chi connectivity index (χ2v) is 18.1. The van der Waals surface area contributed by atoms with Crippen LogP contribution in [0.15, 0.2) is 12.2 Å². The van der Waals surface area contributed by atoms with Crippen LogP contribution in [-0.2, 0) is 32.7 Å². The molecule has 0 saturated carbocycles. The number of aliphatic hydroxyl groups is 1. The van der Waals surface area contributed by atoms with Crippen molar-refractivity contribution in [3.8, 4) is 0 Å². The van der Waals surface area contributed by atoms with Gasteiger partial charge in [-0.2, -0.15) is 0 Å². The van der Waals surface area contributed by atoms with Crippen molar-refractivity contribution in [3.63, 3.8) is 0 Å². The van der Waals surface area contributed by atoms with Gasteiger partial charge in [-0.15, -0.1) is 0 Å². The van der Waals surface area contributed by atoms with E-state index in [9.17, 15) is 34.1 Å². The van der Waals surface area contributed by atoms with Gasteiger partial charge in [-0.05, 0) is 38.5 Å². The highest BCUT2D eigenvalue weighted by Crippen LogP contribution is 2.43. The molecule has 0 aliphatic heterocycles. The summed E-state index contributed by atoms with van der Waals surface area (Å²) in [7, 11) is -4.75. The molecule has 59 heavy (non-hydrogen) atoms. The summed E-state index contributed by atoms with van der Waals surface area (Å²) in [6, 6.07) is -1.54. The van der Waals surface area contributed by atoms with Gasteiger partial charge in [-0.25, -0.2) is 9.36 Å². The number of phosphoric acid groups is 1. The van der Waals surface area contributed by atoms with Crippen LogP contribution < -0.4 is 5.32 Å². The topological polar surface area (TPSA) is 169 Å². The number of aliphatic carboxylic acids is 1. The number of carbonyl (C=O) groups excluding carboxylic acids is 2. The molecule has 4 N–H and O–H groups in total. The van der Waals surface area contributed by atoms with E-state index in [1.165, 1.54) is 141 Å². The number of phosphoric ester groups is 1. The fourth-order valence-corrected chi connectivity index (χ4v) is 7.79. The van der Waals surface area contributed by atoms with Crippen LogP contribution in [0.2, 0.25) is 0 Å². The fourth-order valence-electron chi connectivity index (χ4n) is 7.02. The Kier molecular flexibility index (Phi) is 41.6. The van der Waals surface area contributed by atoms with Crippen LogP contribution in [0.5, 0.6) is 0 Å². The lowest BCUT2D eigenvalue weighted by Gasteiger charge is -2.18. The molecule has 0 aromatic rings. The molecule has 0 bridgehead atoms. The standard InChI is InChI=1S/C47H90NO10P/c1-3-5-7-9-11-13-15-17-19-20-21-22-23-24-25-26-28-30-32-34-36-38-45(50)48-44(47(52)53)42-58-59(54,55)57-41-43(49)40-56-46(51)39-37-35-33-31-29-27-18-16-14-12-10-8-6-4-2/h16,18,43-44,49H,3-15,17,19-42H2,1-2H3,(H,48,50)(H,52,53)(H,54,55)/b18-16-. The number of ether oxygens (including phenoxy) is 1. The van der Waals surface area contributed by atoms with Crippen LogP contribution in [0.1, 0.15) is 239 Å². The van der Waals surface area contributed by atoms with Crippen molar-refractivity contribution in [2.75, 3.05) is 19.8 Å². The lowest BCUT2D eigenvalue weighted by molar-refractivity contribution is -0.147. The Labute approximate surface area is 360 Å². The quantitative estimate of drug-likeness (QED) is 0.0200. The normalized spacial score (nSPS) is 13.7. The van der Waals surface area contributed by atoms with Crippen molar-refractivity contribution in [2.45, 2.75) is 251 Å². The maximum absolute atomic E-state index is 12.4. The summed E-state index contributed by atoms with van der Waals surface area (Å²) in [6.45, 7) is 2.61.